The maximum Gasteiger partial charge on any atom is 0.408 e. The van der Waals surface area contributed by atoms with Gasteiger partial charge in [0.05, 0.1) is 23.2 Å². The Balaban J connectivity index is 1.98. The van der Waals surface area contributed by atoms with Gasteiger partial charge in [0.1, 0.15) is 6.61 Å². The summed E-state index contributed by atoms with van der Waals surface area (Å²) in [5.74, 6) is -1.06. The van der Waals surface area contributed by atoms with Crippen LogP contribution in [0.15, 0.2) is 48.7 Å². The molecule has 1 aromatic carbocycles. The maximum atomic E-state index is 11.9. The van der Waals surface area contributed by atoms with E-state index in [1.807, 2.05) is 30.3 Å². The molecule has 1 atom stereocenters. The van der Waals surface area contributed by atoms with Gasteiger partial charge in [0.2, 0.25) is 0 Å². The van der Waals surface area contributed by atoms with Crippen molar-refractivity contribution in [2.45, 2.75) is 19.1 Å². The smallest absolute Gasteiger partial charge is 0.408 e. The highest BCUT2D eigenvalue weighted by atomic mass is 35.5. The number of alkyl carbamates (subject to hydrolysis) is 1. The van der Waals surface area contributed by atoms with E-state index < -0.39 is 18.1 Å². The van der Waals surface area contributed by atoms with Gasteiger partial charge >= 0.3 is 12.1 Å². The second kappa shape index (κ2) is 8.14. The van der Waals surface area contributed by atoms with Crippen molar-refractivity contribution in [2.75, 3.05) is 0 Å². The van der Waals surface area contributed by atoms with Crippen molar-refractivity contribution < 1.29 is 19.4 Å². The lowest BCUT2D eigenvalue weighted by molar-refractivity contribution is -0.137. The Bertz CT molecular complexity index is 662. The third-order valence-electron chi connectivity index (χ3n) is 2.99. The second-order valence-corrected chi connectivity index (χ2v) is 5.19. The van der Waals surface area contributed by atoms with Crippen LogP contribution in [0.1, 0.15) is 23.7 Å². The van der Waals surface area contributed by atoms with Crippen LogP contribution < -0.4 is 5.32 Å². The average molecular weight is 335 g/mol. The van der Waals surface area contributed by atoms with Crippen LogP contribution in [0.4, 0.5) is 4.79 Å². The number of nitrogens with one attached hydrogen (secondary N) is 1. The minimum absolute atomic E-state index is 0.0977. The van der Waals surface area contributed by atoms with Crippen molar-refractivity contribution in [3.8, 4) is 0 Å². The van der Waals surface area contributed by atoms with Gasteiger partial charge in [-0.15, -0.1) is 0 Å². The zero-order valence-corrected chi connectivity index (χ0v) is 12.9. The summed E-state index contributed by atoms with van der Waals surface area (Å²) in [6.07, 6.45) is 0.370. The standard InChI is InChI=1S/C16H15ClN2O4/c17-12-6-7-13(18-9-12)14(8-15(20)21)19-16(22)23-10-11-4-2-1-3-5-11/h1-7,9,14H,8,10H2,(H,19,22)(H,20,21). The van der Waals surface area contributed by atoms with Gasteiger partial charge in [-0.05, 0) is 17.7 Å². The number of carbonyl (C=O) groups excluding carboxylic acids is 1. The molecule has 0 bridgehead atoms. The largest absolute Gasteiger partial charge is 0.481 e. The lowest BCUT2D eigenvalue weighted by atomic mass is 10.1. The number of carbonyl (C=O) groups is 2. The topological polar surface area (TPSA) is 88.5 Å². The Kier molecular flexibility index (Phi) is 5.94. The number of pyridine rings is 1. The Morgan fingerprint density at radius 2 is 1.96 bits per heavy atom. The van der Waals surface area contributed by atoms with Gasteiger partial charge in [-0.25, -0.2) is 4.79 Å². The zero-order valence-electron chi connectivity index (χ0n) is 12.1. The van der Waals surface area contributed by atoms with E-state index in [2.05, 4.69) is 10.3 Å². The van der Waals surface area contributed by atoms with Crippen molar-refractivity contribution in [1.82, 2.24) is 10.3 Å². The summed E-state index contributed by atoms with van der Waals surface area (Å²) >= 11 is 5.75. The molecule has 0 aliphatic carbocycles. The Morgan fingerprint density at radius 1 is 1.22 bits per heavy atom. The van der Waals surface area contributed by atoms with E-state index in [1.54, 1.807) is 12.1 Å². The first kappa shape index (κ1) is 16.8. The number of hydrogen-bond acceptors (Lipinski definition) is 4. The molecular weight excluding hydrogens is 320 g/mol. The van der Waals surface area contributed by atoms with Crippen LogP contribution in [0.25, 0.3) is 0 Å². The van der Waals surface area contributed by atoms with Crippen molar-refractivity contribution in [2.24, 2.45) is 0 Å². The van der Waals surface area contributed by atoms with Crippen molar-refractivity contribution in [3.63, 3.8) is 0 Å². The fourth-order valence-electron chi connectivity index (χ4n) is 1.90. The first-order valence-electron chi connectivity index (χ1n) is 6.85. The molecule has 23 heavy (non-hydrogen) atoms. The number of aromatic nitrogens is 1. The molecule has 2 rings (SSSR count). The SMILES string of the molecule is O=C(O)CC(NC(=O)OCc1ccccc1)c1ccc(Cl)cn1. The summed E-state index contributed by atoms with van der Waals surface area (Å²) in [6.45, 7) is 0.0977. The van der Waals surface area contributed by atoms with Gasteiger partial charge in [-0.2, -0.15) is 0 Å². The first-order valence-corrected chi connectivity index (χ1v) is 7.23. The number of nitrogens with zero attached hydrogens (tertiary/aromatic N) is 1. The molecule has 0 fully saturated rings. The fourth-order valence-corrected chi connectivity index (χ4v) is 2.02. The van der Waals surface area contributed by atoms with E-state index >= 15 is 0 Å². The fraction of sp³-hybridized carbons (Fsp3) is 0.188. The molecule has 6 nitrogen and oxygen atoms in total. The molecule has 7 heteroatoms. The molecule has 0 radical (unpaired) electrons. The van der Waals surface area contributed by atoms with Crippen LogP contribution in [0, 0.1) is 0 Å². The molecule has 1 heterocycles. The Labute approximate surface area is 138 Å². The molecule has 0 spiro atoms. The third-order valence-corrected chi connectivity index (χ3v) is 3.21. The summed E-state index contributed by atoms with van der Waals surface area (Å²) < 4.78 is 5.09. The highest BCUT2D eigenvalue weighted by Gasteiger charge is 2.20. The lowest BCUT2D eigenvalue weighted by Gasteiger charge is -2.16. The summed E-state index contributed by atoms with van der Waals surface area (Å²) in [5.41, 5.74) is 1.23. The lowest BCUT2D eigenvalue weighted by Crippen LogP contribution is -2.31. The predicted molar refractivity (Wildman–Crippen MR) is 84.0 cm³/mol. The van der Waals surface area contributed by atoms with Gasteiger partial charge in [-0.1, -0.05) is 41.9 Å². The monoisotopic (exact) mass is 334 g/mol. The normalized spacial score (nSPS) is 11.5. The van der Waals surface area contributed by atoms with E-state index in [4.69, 9.17) is 21.4 Å². The van der Waals surface area contributed by atoms with Gasteiger partial charge in [0, 0.05) is 6.20 Å². The minimum Gasteiger partial charge on any atom is -0.481 e. The third kappa shape index (κ3) is 5.60. The van der Waals surface area contributed by atoms with E-state index in [9.17, 15) is 9.59 Å². The van der Waals surface area contributed by atoms with Crippen LogP contribution in [0.2, 0.25) is 5.02 Å². The van der Waals surface area contributed by atoms with Gasteiger partial charge in [0.15, 0.2) is 0 Å². The van der Waals surface area contributed by atoms with E-state index in [0.29, 0.717) is 10.7 Å². The second-order valence-electron chi connectivity index (χ2n) is 4.76. The van der Waals surface area contributed by atoms with E-state index in [-0.39, 0.29) is 13.0 Å². The summed E-state index contributed by atoms with van der Waals surface area (Å²) in [5, 5.41) is 11.9. The van der Waals surface area contributed by atoms with E-state index in [1.165, 1.54) is 6.20 Å². The highest BCUT2D eigenvalue weighted by molar-refractivity contribution is 6.30. The molecule has 2 N–H and O–H groups in total. The summed E-state index contributed by atoms with van der Waals surface area (Å²) in [4.78, 5) is 26.9. The molecule has 0 saturated heterocycles. The van der Waals surface area contributed by atoms with Crippen molar-refractivity contribution >= 4 is 23.7 Å². The molecular formula is C16H15ClN2O4. The number of halogens is 1. The number of ether oxygens (including phenoxy) is 1. The van der Waals surface area contributed by atoms with Crippen LogP contribution >= 0.6 is 11.6 Å². The predicted octanol–water partition coefficient (Wildman–Crippen LogP) is 3.18. The van der Waals surface area contributed by atoms with E-state index in [0.717, 1.165) is 5.56 Å². The summed E-state index contributed by atoms with van der Waals surface area (Å²) in [6, 6.07) is 11.5. The van der Waals surface area contributed by atoms with Gasteiger partial charge in [-0.3, -0.25) is 9.78 Å². The maximum absolute atomic E-state index is 11.9. The Hall–Kier alpha value is -2.60. The van der Waals surface area contributed by atoms with Crippen molar-refractivity contribution in [1.29, 1.82) is 0 Å². The molecule has 2 aromatic rings. The number of rotatable bonds is 6. The minimum atomic E-state index is -1.06. The number of carboxylic acids is 1. The molecule has 1 amide bonds. The number of hydrogen-bond donors (Lipinski definition) is 2. The van der Waals surface area contributed by atoms with Crippen LogP contribution in [0.5, 0.6) is 0 Å². The summed E-state index contributed by atoms with van der Waals surface area (Å²) in [7, 11) is 0. The number of benzene rings is 1. The number of amides is 1. The van der Waals surface area contributed by atoms with Crippen molar-refractivity contribution in [3.05, 3.63) is 64.9 Å². The number of carboxylic acid groups (broad SMARTS) is 1. The average Bonchev–Trinajstić information content (AvgIpc) is 2.53. The van der Waals surface area contributed by atoms with Gasteiger partial charge < -0.3 is 15.2 Å². The molecule has 0 aliphatic rings. The van der Waals surface area contributed by atoms with Gasteiger partial charge in [0.25, 0.3) is 0 Å². The van der Waals surface area contributed by atoms with Crippen LogP contribution in [0.3, 0.4) is 0 Å². The van der Waals surface area contributed by atoms with Crippen LogP contribution in [-0.4, -0.2) is 22.2 Å². The molecule has 1 aromatic heterocycles. The molecule has 120 valence electrons. The van der Waals surface area contributed by atoms with Crippen LogP contribution in [-0.2, 0) is 16.1 Å². The quantitative estimate of drug-likeness (QED) is 0.847. The first-order chi connectivity index (χ1) is 11.0. The number of aliphatic carboxylic acids is 1. The highest BCUT2D eigenvalue weighted by Crippen LogP contribution is 2.17. The zero-order chi connectivity index (χ0) is 16.7. The molecule has 1 unspecified atom stereocenters. The molecule has 0 saturated carbocycles. The Morgan fingerprint density at radius 3 is 2.57 bits per heavy atom. The molecule has 0 aliphatic heterocycles.